The number of aromatic amines is 1. The molecule has 256 valence electrons. The summed E-state index contributed by atoms with van der Waals surface area (Å²) in [5.41, 5.74) is 2.74. The minimum absolute atomic E-state index is 0.171. The van der Waals surface area contributed by atoms with E-state index in [0.29, 0.717) is 38.6 Å². The summed E-state index contributed by atoms with van der Waals surface area (Å²) < 4.78 is 32.1. The first-order valence-electron chi connectivity index (χ1n) is 16.3. The molecule has 14 heteroatoms. The summed E-state index contributed by atoms with van der Waals surface area (Å²) in [4.78, 5) is 50.4. The Labute approximate surface area is 279 Å². The first kappa shape index (κ1) is 32.7. The number of rotatable bonds is 4. The molecule has 1 unspecified atom stereocenters. The molecular weight excluding hydrogens is 638 g/mol. The summed E-state index contributed by atoms with van der Waals surface area (Å²) in [5.74, 6) is -3.31. The Morgan fingerprint density at radius 1 is 1.15 bits per heavy atom. The van der Waals surface area contributed by atoms with Crippen molar-refractivity contribution < 1.29 is 37.2 Å². The summed E-state index contributed by atoms with van der Waals surface area (Å²) in [5, 5.41) is 16.2. The Morgan fingerprint density at radius 2 is 1.88 bits per heavy atom. The average molecular weight is 680 g/mol. The number of aliphatic hydroxyl groups is 1. The second-order valence-electron chi connectivity index (χ2n) is 13.9. The van der Waals surface area contributed by atoms with Gasteiger partial charge in [-0.05, 0) is 62.4 Å². The highest BCUT2D eigenvalue weighted by atomic mass is 32.2. The third-order valence-electron chi connectivity index (χ3n) is 10.6. The zero-order valence-corrected chi connectivity index (χ0v) is 27.9. The number of piperazine rings is 1. The fourth-order valence-electron chi connectivity index (χ4n) is 8.65. The molecule has 1 aliphatic carbocycles. The van der Waals surface area contributed by atoms with Crippen molar-refractivity contribution in [2.45, 2.75) is 74.7 Å². The minimum Gasteiger partial charge on any atom is -0.361 e. The maximum absolute atomic E-state index is 14.2. The number of amides is 3. The molecule has 5 aliphatic rings. The van der Waals surface area contributed by atoms with Crippen LogP contribution in [0.25, 0.3) is 10.9 Å². The highest BCUT2D eigenvalue weighted by Crippen LogP contribution is 2.47. The molecule has 4 N–H and O–H groups in total. The van der Waals surface area contributed by atoms with E-state index in [-0.39, 0.29) is 36.1 Å². The molecule has 48 heavy (non-hydrogen) atoms. The van der Waals surface area contributed by atoms with Crippen LogP contribution < -0.4 is 5.32 Å². The van der Waals surface area contributed by atoms with Crippen LogP contribution in [-0.4, -0.2) is 112 Å². The van der Waals surface area contributed by atoms with E-state index < -0.39 is 39.7 Å². The van der Waals surface area contributed by atoms with Crippen molar-refractivity contribution in [3.8, 4) is 0 Å². The highest BCUT2D eigenvalue weighted by Gasteiger charge is 2.70. The Balaban J connectivity index is 0.000000681. The van der Waals surface area contributed by atoms with E-state index in [2.05, 4.69) is 46.6 Å². The molecule has 4 aliphatic heterocycles. The number of piperidine rings is 1. The molecule has 0 spiro atoms. The number of carbonyl (C=O) groups is 3. The van der Waals surface area contributed by atoms with Gasteiger partial charge in [-0.2, -0.15) is 8.42 Å². The first-order chi connectivity index (χ1) is 22.7. The second-order valence-corrected chi connectivity index (χ2v) is 15.4. The van der Waals surface area contributed by atoms with Crippen molar-refractivity contribution in [2.75, 3.05) is 26.4 Å². The number of hydrogen-bond acceptors (Lipinski definition) is 8. The largest absolute Gasteiger partial charge is 0.361 e. The summed E-state index contributed by atoms with van der Waals surface area (Å²) >= 11 is 0. The van der Waals surface area contributed by atoms with E-state index >= 15 is 0 Å². The van der Waals surface area contributed by atoms with E-state index in [1.165, 1.54) is 28.3 Å². The summed E-state index contributed by atoms with van der Waals surface area (Å²) in [6.45, 7) is 2.56. The SMILES string of the molecule is CN1C[C@H](C(=O)N[C@]2(C)OC3(O)[C@@H]4CCCN4C(=O)[C@H](Cc4ccccc4)N3C2=O)C[C@@H]2c3cccc4[nH]cc(c34)C[C@H]21.CS(=O)(=O)O. The van der Waals surface area contributed by atoms with Gasteiger partial charge in [0.25, 0.3) is 21.9 Å². The number of nitrogens with zero attached hydrogens (tertiary/aromatic N) is 3. The van der Waals surface area contributed by atoms with Crippen molar-refractivity contribution in [1.82, 2.24) is 25.0 Å². The number of carbonyl (C=O) groups excluding carboxylic acids is 3. The van der Waals surface area contributed by atoms with Gasteiger partial charge in [-0.3, -0.25) is 28.6 Å². The monoisotopic (exact) mass is 679 g/mol. The van der Waals surface area contributed by atoms with Crippen LogP contribution in [0.4, 0.5) is 0 Å². The highest BCUT2D eigenvalue weighted by molar-refractivity contribution is 7.85. The number of aromatic nitrogens is 1. The molecular formula is C34H41N5O8S. The predicted octanol–water partition coefficient (Wildman–Crippen LogP) is 1.59. The first-order valence-corrected chi connectivity index (χ1v) is 18.2. The number of H-pyrrole nitrogens is 1. The quantitative estimate of drug-likeness (QED) is 0.299. The van der Waals surface area contributed by atoms with Gasteiger partial charge in [0.2, 0.25) is 17.5 Å². The molecule has 3 amide bonds. The number of ether oxygens (including phenoxy) is 1. The van der Waals surface area contributed by atoms with Crippen LogP contribution in [0.1, 0.15) is 48.8 Å². The zero-order valence-electron chi connectivity index (χ0n) is 27.1. The van der Waals surface area contributed by atoms with Gasteiger partial charge in [-0.1, -0.05) is 42.5 Å². The van der Waals surface area contributed by atoms with Crippen LogP contribution in [0.5, 0.6) is 0 Å². The summed E-state index contributed by atoms with van der Waals surface area (Å²) in [6, 6.07) is 14.4. The normalized spacial score (nSPS) is 32.7. The Kier molecular flexibility index (Phi) is 7.94. The number of likely N-dealkylation sites (tertiary alicyclic amines) is 1. The van der Waals surface area contributed by atoms with E-state index in [1.807, 2.05) is 30.3 Å². The zero-order chi connectivity index (χ0) is 34.2. The maximum Gasteiger partial charge on any atom is 0.280 e. The second kappa shape index (κ2) is 11.7. The van der Waals surface area contributed by atoms with Crippen molar-refractivity contribution in [3.63, 3.8) is 0 Å². The predicted molar refractivity (Wildman–Crippen MR) is 175 cm³/mol. The lowest BCUT2D eigenvalue weighted by Gasteiger charge is -2.48. The molecule has 1 aromatic heterocycles. The van der Waals surface area contributed by atoms with Gasteiger partial charge in [0.05, 0.1) is 12.2 Å². The van der Waals surface area contributed by atoms with Gasteiger partial charge in [-0.15, -0.1) is 0 Å². The van der Waals surface area contributed by atoms with Gasteiger partial charge in [0.15, 0.2) is 0 Å². The standard InChI is InChI=1S/C33H37N5O5.CH4O3S/c1-32(35-29(39)21-15-23-22-10-6-11-24-28(22)20(17-34-24)16-25(23)36(2)18-21)31(41)38-26(14-19-8-4-3-5-9-19)30(40)37-13-7-12-27(37)33(38,42)43-32;1-5(2,3)4/h3-6,8-11,17,21,23,25-27,34,42H,7,12-16,18H2,1-2H3,(H,35,39);1H3,(H,2,3,4)/t21-,23-,25-,26+,27+,32-,33?;/m1./s1. The lowest BCUT2D eigenvalue weighted by molar-refractivity contribution is -0.315. The van der Waals surface area contributed by atoms with Crippen LogP contribution in [0.15, 0.2) is 54.7 Å². The molecule has 7 atom stereocenters. The number of nitrogens with one attached hydrogen (secondary N) is 2. The summed E-state index contributed by atoms with van der Waals surface area (Å²) in [7, 11) is -1.61. The molecule has 4 fully saturated rings. The van der Waals surface area contributed by atoms with Crippen LogP contribution >= 0.6 is 0 Å². The molecule has 2 aromatic carbocycles. The number of benzene rings is 2. The third kappa shape index (κ3) is 5.49. The van der Waals surface area contributed by atoms with E-state index in [0.717, 1.165) is 17.5 Å². The van der Waals surface area contributed by atoms with Crippen LogP contribution in [-0.2, 0) is 42.1 Å². The average Bonchev–Trinajstić information content (AvgIpc) is 3.73. The van der Waals surface area contributed by atoms with Crippen molar-refractivity contribution in [2.24, 2.45) is 5.92 Å². The molecule has 13 nitrogen and oxygen atoms in total. The fourth-order valence-corrected chi connectivity index (χ4v) is 8.65. The number of hydrogen-bond donors (Lipinski definition) is 4. The lowest BCUT2D eigenvalue weighted by atomic mass is 9.72. The maximum atomic E-state index is 14.2. The minimum atomic E-state index is -3.67. The molecule has 0 radical (unpaired) electrons. The molecule has 0 bridgehead atoms. The summed E-state index contributed by atoms with van der Waals surface area (Å²) in [6.07, 6.45) is 5.84. The Bertz CT molecular complexity index is 1880. The topological polar surface area (TPSA) is 173 Å². The fraction of sp³-hybridized carbons (Fsp3) is 0.500. The van der Waals surface area contributed by atoms with Gasteiger partial charge >= 0.3 is 0 Å². The lowest BCUT2D eigenvalue weighted by Crippen LogP contribution is -2.71. The molecule has 3 aromatic rings. The number of likely N-dealkylation sites (N-methyl/N-ethyl adjacent to an activating group) is 1. The van der Waals surface area contributed by atoms with Crippen molar-refractivity contribution in [3.05, 3.63) is 71.4 Å². The van der Waals surface area contributed by atoms with Gasteiger partial charge in [-0.25, -0.2) is 0 Å². The molecule has 0 saturated carbocycles. The van der Waals surface area contributed by atoms with Crippen molar-refractivity contribution >= 4 is 38.7 Å². The molecule has 5 heterocycles. The van der Waals surface area contributed by atoms with Crippen LogP contribution in [0, 0.1) is 5.92 Å². The van der Waals surface area contributed by atoms with Crippen LogP contribution in [0.2, 0.25) is 0 Å². The van der Waals surface area contributed by atoms with Crippen molar-refractivity contribution in [1.29, 1.82) is 0 Å². The Morgan fingerprint density at radius 3 is 2.60 bits per heavy atom. The molecule has 4 saturated heterocycles. The van der Waals surface area contributed by atoms with E-state index in [1.54, 1.807) is 4.90 Å². The molecule has 8 rings (SSSR count). The smallest absolute Gasteiger partial charge is 0.280 e. The third-order valence-corrected chi connectivity index (χ3v) is 10.6. The van der Waals surface area contributed by atoms with Crippen LogP contribution in [0.3, 0.4) is 0 Å². The van der Waals surface area contributed by atoms with E-state index in [4.69, 9.17) is 9.29 Å². The Hall–Kier alpha value is -3.82. The van der Waals surface area contributed by atoms with E-state index in [9.17, 15) is 27.9 Å². The van der Waals surface area contributed by atoms with Gasteiger partial charge < -0.3 is 25.2 Å². The van der Waals surface area contributed by atoms with Gasteiger partial charge in [0, 0.05) is 48.6 Å². The van der Waals surface area contributed by atoms with Gasteiger partial charge in [0.1, 0.15) is 12.1 Å². The number of fused-ring (bicyclic) bond motifs is 5.